The molecule has 0 aliphatic rings. The van der Waals surface area contributed by atoms with Crippen molar-refractivity contribution in [1.29, 1.82) is 0 Å². The van der Waals surface area contributed by atoms with Crippen molar-refractivity contribution >= 4 is 6.08 Å². The number of hydrogen-bond acceptors (Lipinski definition) is 0. The van der Waals surface area contributed by atoms with Crippen molar-refractivity contribution in [2.24, 2.45) is 0 Å². The zero-order valence-electron chi connectivity index (χ0n) is 9.67. The Kier molecular flexibility index (Phi) is 3.51. The molecule has 0 radical (unpaired) electrons. The van der Waals surface area contributed by atoms with Crippen LogP contribution in [-0.4, -0.2) is 0 Å². The van der Waals surface area contributed by atoms with Crippen molar-refractivity contribution in [3.8, 4) is 0 Å². The first-order valence-electron chi connectivity index (χ1n) is 5.31. The van der Waals surface area contributed by atoms with Gasteiger partial charge in [0.15, 0.2) is 0 Å². The minimum Gasteiger partial charge on any atom is -0.0842 e. The van der Waals surface area contributed by atoms with Crippen LogP contribution in [0.15, 0.2) is 30.3 Å². The van der Waals surface area contributed by atoms with Crippen LogP contribution < -0.4 is 0 Å². The van der Waals surface area contributed by atoms with Crippen LogP contribution in [0.2, 0.25) is 0 Å². The maximum absolute atomic E-state index is 2.24. The van der Waals surface area contributed by atoms with E-state index in [-0.39, 0.29) is 5.41 Å². The second kappa shape index (κ2) is 4.45. The van der Waals surface area contributed by atoms with Gasteiger partial charge in [0.2, 0.25) is 0 Å². The first-order valence-corrected chi connectivity index (χ1v) is 5.31. The molecule has 0 aliphatic carbocycles. The van der Waals surface area contributed by atoms with Gasteiger partial charge in [0.25, 0.3) is 0 Å². The van der Waals surface area contributed by atoms with E-state index in [2.05, 4.69) is 64.1 Å². The lowest BCUT2D eigenvalue weighted by molar-refractivity contribution is 0.590. The molecule has 1 rings (SSSR count). The maximum atomic E-state index is 2.24. The summed E-state index contributed by atoms with van der Waals surface area (Å²) < 4.78 is 0. The monoisotopic (exact) mass is 188 g/mol. The Hall–Kier alpha value is -1.04. The van der Waals surface area contributed by atoms with Gasteiger partial charge in [-0.1, -0.05) is 64.1 Å². The summed E-state index contributed by atoms with van der Waals surface area (Å²) in [7, 11) is 0. The van der Waals surface area contributed by atoms with Crippen LogP contribution in [-0.2, 0) is 5.41 Å². The molecule has 0 fully saturated rings. The van der Waals surface area contributed by atoms with Crippen molar-refractivity contribution in [3.63, 3.8) is 0 Å². The summed E-state index contributed by atoms with van der Waals surface area (Å²) in [5.41, 5.74) is 2.94. The third-order valence-corrected chi connectivity index (χ3v) is 2.32. The molecule has 0 unspecified atom stereocenters. The highest BCUT2D eigenvalue weighted by atomic mass is 14.2. The molecule has 0 bridgehead atoms. The van der Waals surface area contributed by atoms with E-state index >= 15 is 0 Å². The molecule has 0 heteroatoms. The first-order chi connectivity index (χ1) is 6.54. The van der Waals surface area contributed by atoms with Crippen LogP contribution in [0.4, 0.5) is 0 Å². The Morgan fingerprint density at radius 3 is 2.07 bits per heavy atom. The van der Waals surface area contributed by atoms with Crippen LogP contribution in [0.25, 0.3) is 6.08 Å². The average molecular weight is 188 g/mol. The van der Waals surface area contributed by atoms with Crippen molar-refractivity contribution in [2.75, 3.05) is 0 Å². The fourth-order valence-electron chi connectivity index (χ4n) is 1.35. The Balaban J connectivity index is 2.84. The van der Waals surface area contributed by atoms with Crippen molar-refractivity contribution < 1.29 is 0 Å². The quantitative estimate of drug-likeness (QED) is 0.645. The molecular weight excluding hydrogens is 168 g/mol. The van der Waals surface area contributed by atoms with E-state index in [0.29, 0.717) is 0 Å². The molecule has 14 heavy (non-hydrogen) atoms. The highest BCUT2D eigenvalue weighted by molar-refractivity contribution is 5.50. The Bertz CT molecular complexity index is 296. The molecule has 0 amide bonds. The molecule has 0 saturated heterocycles. The van der Waals surface area contributed by atoms with Crippen LogP contribution in [0.3, 0.4) is 0 Å². The minimum atomic E-state index is 0.257. The Morgan fingerprint density at radius 1 is 1.07 bits per heavy atom. The van der Waals surface area contributed by atoms with Crippen LogP contribution in [0.5, 0.6) is 0 Å². The molecule has 0 spiro atoms. The lowest BCUT2D eigenvalue weighted by atomic mass is 9.87. The van der Waals surface area contributed by atoms with E-state index in [0.717, 1.165) is 6.42 Å². The lowest BCUT2D eigenvalue weighted by Crippen LogP contribution is -2.10. The van der Waals surface area contributed by atoms with Crippen LogP contribution >= 0.6 is 0 Å². The SMILES string of the molecule is CCC=Cc1ccc(C(C)(C)C)cc1. The zero-order chi connectivity index (χ0) is 10.6. The summed E-state index contributed by atoms with van der Waals surface area (Å²) >= 11 is 0. The Labute approximate surface area is 87.7 Å². The largest absolute Gasteiger partial charge is 0.0842 e. The third-order valence-electron chi connectivity index (χ3n) is 2.32. The van der Waals surface area contributed by atoms with E-state index in [9.17, 15) is 0 Å². The smallest absolute Gasteiger partial charge is 0.0132 e. The fourth-order valence-corrected chi connectivity index (χ4v) is 1.35. The van der Waals surface area contributed by atoms with Gasteiger partial charge in [0.05, 0.1) is 0 Å². The summed E-state index contributed by atoms with van der Waals surface area (Å²) in [6.45, 7) is 8.87. The number of allylic oxidation sites excluding steroid dienone is 1. The standard InChI is InChI=1S/C14H20/c1-5-6-7-12-8-10-13(11-9-12)14(2,3)4/h6-11H,5H2,1-4H3. The van der Waals surface area contributed by atoms with Gasteiger partial charge in [-0.05, 0) is 23.0 Å². The lowest BCUT2D eigenvalue weighted by Gasteiger charge is -2.18. The van der Waals surface area contributed by atoms with Gasteiger partial charge in [-0.3, -0.25) is 0 Å². The molecule has 76 valence electrons. The molecular formula is C14H20. The van der Waals surface area contributed by atoms with Gasteiger partial charge in [0, 0.05) is 0 Å². The average Bonchev–Trinajstić information content (AvgIpc) is 2.14. The molecule has 0 heterocycles. The number of hydrogen-bond donors (Lipinski definition) is 0. The molecule has 0 saturated carbocycles. The minimum absolute atomic E-state index is 0.257. The van der Waals surface area contributed by atoms with Crippen LogP contribution in [0.1, 0.15) is 45.2 Å². The summed E-state index contributed by atoms with van der Waals surface area (Å²) in [5, 5.41) is 0. The van der Waals surface area contributed by atoms with Crippen molar-refractivity contribution in [2.45, 2.75) is 39.5 Å². The van der Waals surface area contributed by atoms with Crippen molar-refractivity contribution in [3.05, 3.63) is 41.5 Å². The topological polar surface area (TPSA) is 0 Å². The molecule has 1 aromatic rings. The second-order valence-electron chi connectivity index (χ2n) is 4.68. The molecule has 0 aliphatic heterocycles. The van der Waals surface area contributed by atoms with E-state index < -0.39 is 0 Å². The van der Waals surface area contributed by atoms with Crippen molar-refractivity contribution in [1.82, 2.24) is 0 Å². The third kappa shape index (κ3) is 3.02. The second-order valence-corrected chi connectivity index (χ2v) is 4.68. The van der Waals surface area contributed by atoms with Gasteiger partial charge < -0.3 is 0 Å². The predicted octanol–water partition coefficient (Wildman–Crippen LogP) is 4.41. The Morgan fingerprint density at radius 2 is 1.64 bits per heavy atom. The molecule has 0 nitrogen and oxygen atoms in total. The predicted molar refractivity (Wildman–Crippen MR) is 64.5 cm³/mol. The van der Waals surface area contributed by atoms with Gasteiger partial charge in [-0.2, -0.15) is 0 Å². The van der Waals surface area contributed by atoms with E-state index in [4.69, 9.17) is 0 Å². The maximum Gasteiger partial charge on any atom is -0.0132 e. The molecule has 1 aromatic carbocycles. The molecule has 0 aromatic heterocycles. The number of benzene rings is 1. The zero-order valence-corrected chi connectivity index (χ0v) is 9.67. The van der Waals surface area contributed by atoms with E-state index in [1.807, 2.05) is 0 Å². The van der Waals surface area contributed by atoms with Gasteiger partial charge in [-0.25, -0.2) is 0 Å². The summed E-state index contributed by atoms with van der Waals surface area (Å²) in [6.07, 6.45) is 5.46. The van der Waals surface area contributed by atoms with E-state index in [1.165, 1.54) is 11.1 Å². The van der Waals surface area contributed by atoms with Crippen LogP contribution in [0, 0.1) is 0 Å². The first kappa shape index (κ1) is 11.0. The number of rotatable bonds is 2. The highest BCUT2D eigenvalue weighted by Gasteiger charge is 2.12. The molecule has 0 N–H and O–H groups in total. The van der Waals surface area contributed by atoms with Gasteiger partial charge in [0.1, 0.15) is 0 Å². The van der Waals surface area contributed by atoms with E-state index in [1.54, 1.807) is 0 Å². The fraction of sp³-hybridized carbons (Fsp3) is 0.429. The van der Waals surface area contributed by atoms with Gasteiger partial charge >= 0.3 is 0 Å². The summed E-state index contributed by atoms with van der Waals surface area (Å²) in [4.78, 5) is 0. The highest BCUT2D eigenvalue weighted by Crippen LogP contribution is 2.22. The summed E-state index contributed by atoms with van der Waals surface area (Å²) in [6, 6.07) is 8.81. The molecule has 0 atom stereocenters. The normalized spacial score (nSPS) is 12.3. The summed E-state index contributed by atoms with van der Waals surface area (Å²) in [5.74, 6) is 0. The van der Waals surface area contributed by atoms with Gasteiger partial charge in [-0.15, -0.1) is 0 Å².